The maximum atomic E-state index is 14.0. The van der Waals surface area contributed by atoms with E-state index in [2.05, 4.69) is 29.4 Å². The van der Waals surface area contributed by atoms with Gasteiger partial charge in [0.1, 0.15) is 23.5 Å². The summed E-state index contributed by atoms with van der Waals surface area (Å²) < 4.78 is 12.6. The van der Waals surface area contributed by atoms with Crippen molar-refractivity contribution < 1.29 is 28.6 Å². The van der Waals surface area contributed by atoms with Crippen LogP contribution in [0.5, 0.6) is 0 Å². The quantitative estimate of drug-likeness (QED) is 0.174. The molecule has 0 saturated heterocycles. The Morgan fingerprint density at radius 2 is 1.67 bits per heavy atom. The summed E-state index contributed by atoms with van der Waals surface area (Å²) in [6.07, 6.45) is 3.56. The van der Waals surface area contributed by atoms with Crippen LogP contribution in [0.3, 0.4) is 0 Å². The highest BCUT2D eigenvalue weighted by Gasteiger charge is 2.29. The number of benzene rings is 3. The fraction of sp³-hybridized carbons (Fsp3) is 0.324. The van der Waals surface area contributed by atoms with Gasteiger partial charge >= 0.3 is 5.97 Å². The SMILES string of the molecule is CC(=O)N[C@@H](Cc1cc(C#Cc2ccccc2)c2oc(-c3ccccc3)c(C(=O)OC3CCC(C)CC3)c2c1)C(=O)NCCO. The van der Waals surface area contributed by atoms with E-state index in [1.54, 1.807) is 0 Å². The van der Waals surface area contributed by atoms with E-state index < -0.39 is 17.9 Å². The van der Waals surface area contributed by atoms with Crippen molar-refractivity contribution in [2.45, 2.75) is 58.1 Å². The lowest BCUT2D eigenvalue weighted by Crippen LogP contribution is -2.48. The Kier molecular flexibility index (Phi) is 10.3. The molecule has 45 heavy (non-hydrogen) atoms. The van der Waals surface area contributed by atoms with Crippen LogP contribution in [0.25, 0.3) is 22.3 Å². The Morgan fingerprint density at radius 3 is 2.33 bits per heavy atom. The Hall–Kier alpha value is -4.87. The van der Waals surface area contributed by atoms with Crippen LogP contribution in [0.1, 0.15) is 66.6 Å². The van der Waals surface area contributed by atoms with Crippen molar-refractivity contribution in [3.63, 3.8) is 0 Å². The van der Waals surface area contributed by atoms with Crippen molar-refractivity contribution in [3.8, 4) is 23.2 Å². The number of ether oxygens (including phenoxy) is 1. The van der Waals surface area contributed by atoms with Crippen LogP contribution in [0.2, 0.25) is 0 Å². The highest BCUT2D eigenvalue weighted by Crippen LogP contribution is 2.38. The van der Waals surface area contributed by atoms with Crippen LogP contribution in [0.15, 0.2) is 77.2 Å². The Balaban J connectivity index is 1.65. The van der Waals surface area contributed by atoms with Gasteiger partial charge in [-0.05, 0) is 61.4 Å². The predicted molar refractivity (Wildman–Crippen MR) is 172 cm³/mol. The first-order valence-corrected chi connectivity index (χ1v) is 15.4. The number of hydrogen-bond acceptors (Lipinski definition) is 6. The number of amides is 2. The van der Waals surface area contributed by atoms with Crippen molar-refractivity contribution >= 4 is 28.8 Å². The second-order valence-corrected chi connectivity index (χ2v) is 11.6. The van der Waals surface area contributed by atoms with Gasteiger partial charge < -0.3 is 24.9 Å². The Morgan fingerprint density at radius 1 is 0.978 bits per heavy atom. The lowest BCUT2D eigenvalue weighted by Gasteiger charge is -2.26. The van der Waals surface area contributed by atoms with Crippen LogP contribution in [0.4, 0.5) is 0 Å². The zero-order valence-electron chi connectivity index (χ0n) is 25.6. The van der Waals surface area contributed by atoms with E-state index in [0.717, 1.165) is 36.8 Å². The normalized spacial score (nSPS) is 16.7. The van der Waals surface area contributed by atoms with Gasteiger partial charge in [-0.2, -0.15) is 0 Å². The summed E-state index contributed by atoms with van der Waals surface area (Å²) in [5.74, 6) is 6.13. The standard InChI is InChI=1S/C37H38N2O6/c1-24-13-17-30(18-14-24)44-37(43)33-31-22-27(23-32(39-25(2)41)36(42)38-19-20-40)21-29(16-15-26-9-5-3-6-10-26)34(31)45-35(33)28-11-7-4-8-12-28/h3-12,21-22,24,30,32,40H,13-14,17-20,23H2,1-2H3,(H,38,42)(H,39,41)/t24?,30?,32-/m0/s1. The topological polar surface area (TPSA) is 118 Å². The largest absolute Gasteiger partial charge is 0.459 e. The molecule has 0 bridgehead atoms. The molecule has 0 aliphatic heterocycles. The maximum absolute atomic E-state index is 14.0. The van der Waals surface area contributed by atoms with Crippen molar-refractivity contribution in [2.24, 2.45) is 5.92 Å². The molecule has 1 aromatic heterocycles. The molecular weight excluding hydrogens is 568 g/mol. The van der Waals surface area contributed by atoms with E-state index in [-0.39, 0.29) is 31.6 Å². The number of furan rings is 1. The molecule has 232 valence electrons. The first-order chi connectivity index (χ1) is 21.8. The summed E-state index contributed by atoms with van der Waals surface area (Å²) in [6, 6.07) is 21.7. The molecule has 1 aliphatic rings. The van der Waals surface area contributed by atoms with E-state index in [4.69, 9.17) is 9.15 Å². The van der Waals surface area contributed by atoms with Gasteiger partial charge in [-0.15, -0.1) is 0 Å². The first-order valence-electron chi connectivity index (χ1n) is 15.4. The van der Waals surface area contributed by atoms with Gasteiger partial charge in [0.25, 0.3) is 0 Å². The first kappa shape index (κ1) is 31.6. The fourth-order valence-electron chi connectivity index (χ4n) is 5.68. The number of hydrogen-bond donors (Lipinski definition) is 3. The molecule has 0 unspecified atom stereocenters. The molecule has 2 amide bonds. The van der Waals surface area contributed by atoms with Gasteiger partial charge in [-0.3, -0.25) is 9.59 Å². The Labute approximate surface area is 263 Å². The summed E-state index contributed by atoms with van der Waals surface area (Å²) in [4.78, 5) is 39.0. The van der Waals surface area contributed by atoms with Gasteiger partial charge in [-0.1, -0.05) is 67.3 Å². The van der Waals surface area contributed by atoms with Crippen LogP contribution in [-0.2, 0) is 20.7 Å². The van der Waals surface area contributed by atoms with Crippen molar-refractivity contribution in [1.29, 1.82) is 0 Å². The average molecular weight is 607 g/mol. The van der Waals surface area contributed by atoms with Gasteiger partial charge in [0.15, 0.2) is 5.58 Å². The Bertz CT molecular complexity index is 1710. The van der Waals surface area contributed by atoms with Crippen LogP contribution in [0, 0.1) is 17.8 Å². The van der Waals surface area contributed by atoms with Gasteiger partial charge in [0.05, 0.1) is 12.2 Å². The number of rotatable bonds is 9. The number of esters is 1. The van der Waals surface area contributed by atoms with Crippen molar-refractivity contribution in [3.05, 3.63) is 95.1 Å². The molecular formula is C37H38N2O6. The minimum atomic E-state index is -0.915. The summed E-state index contributed by atoms with van der Waals surface area (Å²) >= 11 is 0. The molecule has 5 rings (SSSR count). The summed E-state index contributed by atoms with van der Waals surface area (Å²) in [5, 5.41) is 15.1. The van der Waals surface area contributed by atoms with Gasteiger partial charge in [0, 0.05) is 36.4 Å². The highest BCUT2D eigenvalue weighted by molar-refractivity contribution is 6.10. The smallest absolute Gasteiger partial charge is 0.343 e. The van der Waals surface area contributed by atoms with E-state index >= 15 is 0 Å². The molecule has 1 aliphatic carbocycles. The molecule has 3 N–H and O–H groups in total. The number of carbonyl (C=O) groups excluding carboxylic acids is 3. The van der Waals surface area contributed by atoms with Crippen LogP contribution < -0.4 is 10.6 Å². The molecule has 0 radical (unpaired) electrons. The van der Waals surface area contributed by atoms with E-state index in [1.165, 1.54) is 6.92 Å². The third kappa shape index (κ3) is 8.00. The molecule has 8 nitrogen and oxygen atoms in total. The number of carbonyl (C=O) groups is 3. The van der Waals surface area contributed by atoms with E-state index in [9.17, 15) is 19.5 Å². The second kappa shape index (κ2) is 14.7. The molecule has 1 heterocycles. The lowest BCUT2D eigenvalue weighted by atomic mass is 9.89. The number of fused-ring (bicyclic) bond motifs is 1. The second-order valence-electron chi connectivity index (χ2n) is 11.6. The number of nitrogens with one attached hydrogen (secondary N) is 2. The zero-order chi connectivity index (χ0) is 31.8. The van der Waals surface area contributed by atoms with Crippen LogP contribution in [-0.4, -0.2) is 48.2 Å². The zero-order valence-corrected chi connectivity index (χ0v) is 25.6. The summed E-state index contributed by atoms with van der Waals surface area (Å²) in [7, 11) is 0. The predicted octanol–water partition coefficient (Wildman–Crippen LogP) is 5.39. The molecule has 1 fully saturated rings. The molecule has 1 saturated carbocycles. The number of aliphatic hydroxyl groups excluding tert-OH is 1. The average Bonchev–Trinajstić information content (AvgIpc) is 3.44. The third-order valence-electron chi connectivity index (χ3n) is 7.99. The molecule has 1 atom stereocenters. The minimum Gasteiger partial charge on any atom is -0.459 e. The van der Waals surface area contributed by atoms with Gasteiger partial charge in [-0.25, -0.2) is 4.79 Å². The van der Waals surface area contributed by atoms with Crippen molar-refractivity contribution in [1.82, 2.24) is 10.6 Å². The highest BCUT2D eigenvalue weighted by atomic mass is 16.5. The van der Waals surface area contributed by atoms with Gasteiger partial charge in [0.2, 0.25) is 11.8 Å². The summed E-state index contributed by atoms with van der Waals surface area (Å²) in [6.45, 7) is 3.38. The molecule has 3 aromatic carbocycles. The van der Waals surface area contributed by atoms with Crippen LogP contribution >= 0.6 is 0 Å². The maximum Gasteiger partial charge on any atom is 0.343 e. The lowest BCUT2D eigenvalue weighted by molar-refractivity contribution is -0.128. The molecule has 8 heteroatoms. The van der Waals surface area contributed by atoms with E-state index in [0.29, 0.717) is 39.3 Å². The number of aliphatic hydroxyl groups is 1. The summed E-state index contributed by atoms with van der Waals surface area (Å²) in [5.41, 5.74) is 3.47. The van der Waals surface area contributed by atoms with E-state index in [1.807, 2.05) is 72.8 Å². The molecule has 0 spiro atoms. The molecule has 4 aromatic rings. The fourth-order valence-corrected chi connectivity index (χ4v) is 5.68. The monoisotopic (exact) mass is 606 g/mol. The van der Waals surface area contributed by atoms with Crippen molar-refractivity contribution in [2.75, 3.05) is 13.2 Å². The minimum absolute atomic E-state index is 0.0554. The third-order valence-corrected chi connectivity index (χ3v) is 7.99.